The fraction of sp³-hybridized carbons (Fsp3) is 0.500. The van der Waals surface area contributed by atoms with Crippen LogP contribution in [0.25, 0.3) is 0 Å². The number of imide groups is 1. The van der Waals surface area contributed by atoms with E-state index in [9.17, 15) is 18.4 Å². The molecule has 3 heterocycles. The standard InChI is InChI=1S/C24H27F2IN6O2/c1-14-10-19(30-23(29-14)32-12-17(25)18(26)13-32)22(35)33(28)21(34)16-3-2-15(27)11-20(16)31-8-6-24(4-5-24)7-9-31/h2-3,10-11,17-18H,4-9,12-13,28H2,1H3/t17-,18+. The van der Waals surface area contributed by atoms with Gasteiger partial charge in [-0.25, -0.2) is 29.6 Å². The molecule has 0 bridgehead atoms. The molecule has 186 valence electrons. The van der Waals surface area contributed by atoms with Crippen molar-refractivity contribution in [2.45, 2.75) is 45.0 Å². The minimum absolute atomic E-state index is 0.0364. The maximum atomic E-state index is 13.7. The van der Waals surface area contributed by atoms with E-state index in [0.717, 1.165) is 35.2 Å². The molecule has 1 aliphatic carbocycles. The van der Waals surface area contributed by atoms with Crippen LogP contribution in [0.2, 0.25) is 0 Å². The first-order valence-electron chi connectivity index (χ1n) is 11.7. The van der Waals surface area contributed by atoms with Crippen molar-refractivity contribution in [3.63, 3.8) is 0 Å². The molecule has 2 amide bonds. The first-order chi connectivity index (χ1) is 16.7. The molecule has 1 spiro atoms. The Hall–Kier alpha value is -2.41. The van der Waals surface area contributed by atoms with Crippen molar-refractivity contribution in [3.8, 4) is 0 Å². The van der Waals surface area contributed by atoms with Crippen molar-refractivity contribution in [1.82, 2.24) is 15.0 Å². The van der Waals surface area contributed by atoms with Crippen LogP contribution in [0.4, 0.5) is 20.4 Å². The first-order valence-corrected chi connectivity index (χ1v) is 12.8. The number of aromatic nitrogens is 2. The van der Waals surface area contributed by atoms with Crippen molar-refractivity contribution < 1.29 is 18.4 Å². The maximum Gasteiger partial charge on any atom is 0.293 e. The van der Waals surface area contributed by atoms with E-state index in [-0.39, 0.29) is 24.7 Å². The van der Waals surface area contributed by atoms with Gasteiger partial charge >= 0.3 is 0 Å². The summed E-state index contributed by atoms with van der Waals surface area (Å²) >= 11 is 2.20. The Labute approximate surface area is 216 Å². The van der Waals surface area contributed by atoms with Crippen molar-refractivity contribution >= 4 is 46.0 Å². The molecular formula is C24H27F2IN6O2. The van der Waals surface area contributed by atoms with Gasteiger partial charge in [-0.05, 0) is 84.9 Å². The fourth-order valence-electron chi connectivity index (χ4n) is 4.88. The number of aryl methyl sites for hydroxylation is 1. The van der Waals surface area contributed by atoms with E-state index in [1.54, 1.807) is 13.0 Å². The monoisotopic (exact) mass is 596 g/mol. The van der Waals surface area contributed by atoms with E-state index in [2.05, 4.69) is 37.5 Å². The predicted molar refractivity (Wildman–Crippen MR) is 136 cm³/mol. The topological polar surface area (TPSA) is 95.7 Å². The number of hydrogen-bond donors (Lipinski definition) is 1. The number of anilines is 2. The van der Waals surface area contributed by atoms with Gasteiger partial charge in [-0.1, -0.05) is 0 Å². The first kappa shape index (κ1) is 24.3. The maximum absolute atomic E-state index is 13.7. The van der Waals surface area contributed by atoms with Crippen molar-refractivity contribution in [2.24, 2.45) is 11.3 Å². The number of hydrazine groups is 1. The summed E-state index contributed by atoms with van der Waals surface area (Å²) in [6.45, 7) is 2.95. The van der Waals surface area contributed by atoms with Gasteiger partial charge < -0.3 is 9.80 Å². The molecule has 2 aromatic rings. The van der Waals surface area contributed by atoms with E-state index < -0.39 is 24.2 Å². The lowest BCUT2D eigenvalue weighted by molar-refractivity contribution is 0.0612. The normalized spacial score (nSPS) is 23.0. The minimum atomic E-state index is -1.64. The largest absolute Gasteiger partial charge is 0.371 e. The number of alkyl halides is 2. The molecule has 1 aromatic heterocycles. The van der Waals surface area contributed by atoms with E-state index >= 15 is 0 Å². The summed E-state index contributed by atoms with van der Waals surface area (Å²) in [5, 5.41) is 0.559. The van der Waals surface area contributed by atoms with Crippen LogP contribution in [-0.2, 0) is 0 Å². The third kappa shape index (κ3) is 4.84. The summed E-state index contributed by atoms with van der Waals surface area (Å²) in [6.07, 6.45) is 1.45. The summed E-state index contributed by atoms with van der Waals surface area (Å²) in [7, 11) is 0. The average Bonchev–Trinajstić information content (AvgIpc) is 3.51. The van der Waals surface area contributed by atoms with Crippen molar-refractivity contribution in [3.05, 3.63) is 44.8 Å². The summed E-state index contributed by atoms with van der Waals surface area (Å²) in [6, 6.07) is 6.85. The molecule has 0 radical (unpaired) electrons. The highest BCUT2D eigenvalue weighted by molar-refractivity contribution is 14.1. The second-order valence-corrected chi connectivity index (χ2v) is 11.0. The lowest BCUT2D eigenvalue weighted by Gasteiger charge is -2.35. The van der Waals surface area contributed by atoms with Crippen molar-refractivity contribution in [2.75, 3.05) is 36.0 Å². The van der Waals surface area contributed by atoms with Crippen LogP contribution in [0.5, 0.6) is 0 Å². The van der Waals surface area contributed by atoms with Crippen LogP contribution in [-0.4, -0.2) is 65.3 Å². The van der Waals surface area contributed by atoms with Crippen LogP contribution in [0.3, 0.4) is 0 Å². The molecule has 3 fully saturated rings. The minimum Gasteiger partial charge on any atom is -0.371 e. The molecule has 1 saturated carbocycles. The number of carbonyl (C=O) groups excluding carboxylic acids is 2. The van der Waals surface area contributed by atoms with Gasteiger partial charge in [0.05, 0.1) is 24.3 Å². The number of rotatable bonds is 4. The van der Waals surface area contributed by atoms with Gasteiger partial charge in [0, 0.05) is 22.4 Å². The van der Waals surface area contributed by atoms with Gasteiger partial charge in [0.15, 0.2) is 12.3 Å². The molecule has 1 aromatic carbocycles. The number of hydrogen-bond acceptors (Lipinski definition) is 7. The Kier molecular flexibility index (Phi) is 6.41. The van der Waals surface area contributed by atoms with E-state index in [0.29, 0.717) is 21.7 Å². The van der Waals surface area contributed by atoms with Gasteiger partial charge in [0.25, 0.3) is 11.8 Å². The highest BCUT2D eigenvalue weighted by Crippen LogP contribution is 2.54. The lowest BCUT2D eigenvalue weighted by atomic mass is 9.93. The molecule has 5 rings (SSSR count). The Bertz CT molecular complexity index is 1160. The molecule has 2 saturated heterocycles. The molecule has 35 heavy (non-hydrogen) atoms. The second kappa shape index (κ2) is 9.23. The zero-order valence-electron chi connectivity index (χ0n) is 19.4. The van der Waals surface area contributed by atoms with Crippen LogP contribution in [0, 0.1) is 15.9 Å². The second-order valence-electron chi connectivity index (χ2n) is 9.76. The number of benzene rings is 1. The fourth-order valence-corrected chi connectivity index (χ4v) is 5.36. The third-order valence-electron chi connectivity index (χ3n) is 7.28. The molecule has 2 N–H and O–H groups in total. The zero-order valence-corrected chi connectivity index (χ0v) is 21.5. The number of halogens is 3. The summed E-state index contributed by atoms with van der Waals surface area (Å²) in [4.78, 5) is 38.5. The number of nitrogens with two attached hydrogens (primary N) is 1. The Morgan fingerprint density at radius 2 is 1.69 bits per heavy atom. The average molecular weight is 596 g/mol. The van der Waals surface area contributed by atoms with Crippen LogP contribution in [0.15, 0.2) is 24.3 Å². The Morgan fingerprint density at radius 3 is 2.31 bits per heavy atom. The highest BCUT2D eigenvalue weighted by Gasteiger charge is 2.45. The number of amides is 2. The van der Waals surface area contributed by atoms with Gasteiger partial charge in [-0.3, -0.25) is 9.59 Å². The van der Waals surface area contributed by atoms with Crippen LogP contribution >= 0.6 is 22.6 Å². The SMILES string of the molecule is Cc1cc(C(=O)N(N)C(=O)c2ccc(I)cc2N2CCC3(CC2)CC3)nc(N2C[C@@H](F)[C@@H](F)C2)n1. The number of piperidine rings is 1. The van der Waals surface area contributed by atoms with Crippen molar-refractivity contribution in [1.29, 1.82) is 0 Å². The summed E-state index contributed by atoms with van der Waals surface area (Å²) < 4.78 is 28.3. The molecule has 8 nitrogen and oxygen atoms in total. The molecule has 2 atom stereocenters. The van der Waals surface area contributed by atoms with E-state index in [1.165, 1.54) is 23.8 Å². The van der Waals surface area contributed by atoms with E-state index in [4.69, 9.17) is 5.84 Å². The van der Waals surface area contributed by atoms with Crippen LogP contribution < -0.4 is 15.6 Å². The third-order valence-corrected chi connectivity index (χ3v) is 7.95. The van der Waals surface area contributed by atoms with Gasteiger partial charge in [-0.15, -0.1) is 0 Å². The molecule has 11 heteroatoms. The Morgan fingerprint density at radius 1 is 1.03 bits per heavy atom. The highest BCUT2D eigenvalue weighted by atomic mass is 127. The predicted octanol–water partition coefficient (Wildman–Crippen LogP) is 3.42. The smallest absolute Gasteiger partial charge is 0.293 e. The number of nitrogens with zero attached hydrogens (tertiary/aromatic N) is 5. The van der Waals surface area contributed by atoms with Gasteiger partial charge in [0.1, 0.15) is 5.69 Å². The van der Waals surface area contributed by atoms with E-state index in [1.807, 2.05) is 12.1 Å². The molecular weight excluding hydrogens is 569 g/mol. The molecule has 0 unspecified atom stereocenters. The lowest BCUT2D eigenvalue weighted by Crippen LogP contribution is -2.44. The van der Waals surface area contributed by atoms with Crippen LogP contribution in [0.1, 0.15) is 52.2 Å². The van der Waals surface area contributed by atoms with Gasteiger partial charge in [-0.2, -0.15) is 0 Å². The Balaban J connectivity index is 1.38. The quantitative estimate of drug-likeness (QED) is 0.190. The van der Waals surface area contributed by atoms with Gasteiger partial charge in [0.2, 0.25) is 5.95 Å². The molecule has 3 aliphatic rings. The number of carbonyl (C=O) groups is 2. The molecule has 2 aliphatic heterocycles. The summed E-state index contributed by atoms with van der Waals surface area (Å²) in [5.41, 5.74) is 1.91. The zero-order chi connectivity index (χ0) is 24.9. The summed E-state index contributed by atoms with van der Waals surface area (Å²) in [5.74, 6) is 4.62.